The molecule has 3 heterocycles. The van der Waals surface area contributed by atoms with Crippen molar-refractivity contribution in [3.8, 4) is 0 Å². The van der Waals surface area contributed by atoms with Gasteiger partial charge in [0, 0.05) is 32.3 Å². The SMILES string of the molecule is CCC1C2CNCC2CN1Cc1cc(COC)on1. The van der Waals surface area contributed by atoms with Crippen LogP contribution in [-0.2, 0) is 17.9 Å². The van der Waals surface area contributed by atoms with Crippen LogP contribution < -0.4 is 5.32 Å². The van der Waals surface area contributed by atoms with Crippen LogP contribution in [0.2, 0.25) is 0 Å². The van der Waals surface area contributed by atoms with Crippen molar-refractivity contribution >= 4 is 0 Å². The smallest absolute Gasteiger partial charge is 0.162 e. The highest BCUT2D eigenvalue weighted by Gasteiger charge is 2.43. The van der Waals surface area contributed by atoms with Crippen LogP contribution in [0.4, 0.5) is 0 Å². The average molecular weight is 265 g/mol. The summed E-state index contributed by atoms with van der Waals surface area (Å²) in [4.78, 5) is 2.57. The van der Waals surface area contributed by atoms with E-state index in [4.69, 9.17) is 9.26 Å². The molecule has 0 saturated carbocycles. The molecule has 19 heavy (non-hydrogen) atoms. The second kappa shape index (κ2) is 5.61. The Morgan fingerprint density at radius 3 is 3.21 bits per heavy atom. The van der Waals surface area contributed by atoms with E-state index >= 15 is 0 Å². The fraction of sp³-hybridized carbons (Fsp3) is 0.786. The zero-order valence-electron chi connectivity index (χ0n) is 11.8. The van der Waals surface area contributed by atoms with Crippen LogP contribution in [0.25, 0.3) is 0 Å². The Morgan fingerprint density at radius 2 is 2.42 bits per heavy atom. The molecule has 2 aliphatic rings. The summed E-state index contributed by atoms with van der Waals surface area (Å²) in [5.41, 5.74) is 1.03. The summed E-state index contributed by atoms with van der Waals surface area (Å²) < 4.78 is 10.3. The van der Waals surface area contributed by atoms with E-state index in [2.05, 4.69) is 22.3 Å². The van der Waals surface area contributed by atoms with Crippen LogP contribution in [0.1, 0.15) is 24.8 Å². The van der Waals surface area contributed by atoms with Crippen LogP contribution >= 0.6 is 0 Å². The summed E-state index contributed by atoms with van der Waals surface area (Å²) in [5, 5.41) is 7.67. The molecule has 1 aromatic heterocycles. The predicted octanol–water partition coefficient (Wildman–Crippen LogP) is 1.25. The Kier molecular flexibility index (Phi) is 3.86. The van der Waals surface area contributed by atoms with E-state index in [1.165, 1.54) is 26.1 Å². The van der Waals surface area contributed by atoms with Gasteiger partial charge in [-0.1, -0.05) is 12.1 Å². The minimum absolute atomic E-state index is 0.499. The molecule has 0 radical (unpaired) electrons. The van der Waals surface area contributed by atoms with Gasteiger partial charge in [-0.25, -0.2) is 0 Å². The van der Waals surface area contributed by atoms with Crippen molar-refractivity contribution in [2.24, 2.45) is 11.8 Å². The Balaban J connectivity index is 1.65. The zero-order chi connectivity index (χ0) is 13.2. The highest BCUT2D eigenvalue weighted by Crippen LogP contribution is 2.35. The monoisotopic (exact) mass is 265 g/mol. The fourth-order valence-corrected chi connectivity index (χ4v) is 3.70. The first-order valence-electron chi connectivity index (χ1n) is 7.20. The molecule has 106 valence electrons. The van der Waals surface area contributed by atoms with E-state index in [0.29, 0.717) is 12.6 Å². The van der Waals surface area contributed by atoms with Gasteiger partial charge >= 0.3 is 0 Å². The topological polar surface area (TPSA) is 50.5 Å². The normalized spacial score (nSPS) is 30.9. The number of likely N-dealkylation sites (tertiary alicyclic amines) is 1. The second-order valence-corrected chi connectivity index (χ2v) is 5.70. The van der Waals surface area contributed by atoms with Crippen LogP contribution in [0, 0.1) is 11.8 Å². The van der Waals surface area contributed by atoms with E-state index < -0.39 is 0 Å². The quantitative estimate of drug-likeness (QED) is 0.868. The largest absolute Gasteiger partial charge is 0.377 e. The van der Waals surface area contributed by atoms with Gasteiger partial charge in [-0.15, -0.1) is 0 Å². The molecule has 2 saturated heterocycles. The molecule has 3 unspecified atom stereocenters. The molecule has 3 rings (SSSR count). The van der Waals surface area contributed by atoms with E-state index in [9.17, 15) is 0 Å². The standard InChI is InChI=1S/C14H23N3O2/c1-3-14-13-6-15-5-10(13)7-17(14)8-11-4-12(9-18-2)19-16-11/h4,10,13-15H,3,5-9H2,1-2H3. The van der Waals surface area contributed by atoms with Crippen molar-refractivity contribution in [3.05, 3.63) is 17.5 Å². The lowest BCUT2D eigenvalue weighted by Gasteiger charge is -2.25. The molecule has 0 bridgehead atoms. The van der Waals surface area contributed by atoms with Gasteiger partial charge in [0.15, 0.2) is 5.76 Å². The molecular formula is C14H23N3O2. The summed E-state index contributed by atoms with van der Waals surface area (Å²) in [7, 11) is 1.67. The lowest BCUT2D eigenvalue weighted by molar-refractivity contribution is 0.155. The van der Waals surface area contributed by atoms with Gasteiger partial charge < -0.3 is 14.6 Å². The minimum Gasteiger partial charge on any atom is -0.377 e. The third kappa shape index (κ3) is 2.55. The summed E-state index contributed by atoms with van der Waals surface area (Å²) in [6.45, 7) is 7.22. The number of fused-ring (bicyclic) bond motifs is 1. The molecule has 3 atom stereocenters. The zero-order valence-corrected chi connectivity index (χ0v) is 11.8. The summed E-state index contributed by atoms with van der Waals surface area (Å²) in [6.07, 6.45) is 1.21. The Bertz CT molecular complexity index is 421. The first kappa shape index (κ1) is 13.1. The van der Waals surface area contributed by atoms with Crippen molar-refractivity contribution in [1.29, 1.82) is 0 Å². The Labute approximate surface area is 114 Å². The third-order valence-electron chi connectivity index (χ3n) is 4.50. The molecule has 0 spiro atoms. The molecule has 1 N–H and O–H groups in total. The summed E-state index contributed by atoms with van der Waals surface area (Å²) in [6, 6.07) is 2.70. The average Bonchev–Trinajstić information content (AvgIpc) is 3.06. The molecule has 0 aromatic carbocycles. The van der Waals surface area contributed by atoms with Gasteiger partial charge in [0.25, 0.3) is 0 Å². The molecule has 5 heteroatoms. The van der Waals surface area contributed by atoms with Gasteiger partial charge in [0.2, 0.25) is 0 Å². The van der Waals surface area contributed by atoms with Crippen LogP contribution in [-0.4, -0.2) is 42.8 Å². The predicted molar refractivity (Wildman–Crippen MR) is 71.6 cm³/mol. The first-order valence-corrected chi connectivity index (χ1v) is 7.20. The van der Waals surface area contributed by atoms with Crippen molar-refractivity contribution in [1.82, 2.24) is 15.4 Å². The fourth-order valence-electron chi connectivity index (χ4n) is 3.70. The maximum absolute atomic E-state index is 5.26. The number of nitrogens with zero attached hydrogens (tertiary/aromatic N) is 2. The van der Waals surface area contributed by atoms with Gasteiger partial charge in [0.1, 0.15) is 6.61 Å². The number of aromatic nitrogens is 1. The number of ether oxygens (including phenoxy) is 1. The maximum Gasteiger partial charge on any atom is 0.162 e. The highest BCUT2D eigenvalue weighted by atomic mass is 16.5. The molecule has 1 aromatic rings. The molecule has 2 fully saturated rings. The Morgan fingerprint density at radius 1 is 1.53 bits per heavy atom. The van der Waals surface area contributed by atoms with Crippen LogP contribution in [0.5, 0.6) is 0 Å². The van der Waals surface area contributed by atoms with Gasteiger partial charge in [-0.05, 0) is 31.3 Å². The first-order chi connectivity index (χ1) is 9.31. The number of nitrogens with one attached hydrogen (secondary N) is 1. The van der Waals surface area contributed by atoms with Crippen LogP contribution in [0.15, 0.2) is 10.6 Å². The lowest BCUT2D eigenvalue weighted by atomic mass is 9.93. The maximum atomic E-state index is 5.26. The number of rotatable bonds is 5. The van der Waals surface area contributed by atoms with E-state index in [-0.39, 0.29) is 0 Å². The minimum atomic E-state index is 0.499. The van der Waals surface area contributed by atoms with Crippen molar-refractivity contribution in [2.45, 2.75) is 32.5 Å². The highest BCUT2D eigenvalue weighted by molar-refractivity contribution is 5.07. The molecule has 2 aliphatic heterocycles. The van der Waals surface area contributed by atoms with Gasteiger partial charge in [0.05, 0.1) is 5.69 Å². The summed E-state index contributed by atoms with van der Waals surface area (Å²) in [5.74, 6) is 2.44. The van der Waals surface area contributed by atoms with E-state index in [1.54, 1.807) is 7.11 Å². The lowest BCUT2D eigenvalue weighted by Crippen LogP contribution is -2.34. The van der Waals surface area contributed by atoms with E-state index in [1.807, 2.05) is 6.07 Å². The van der Waals surface area contributed by atoms with Crippen LogP contribution in [0.3, 0.4) is 0 Å². The van der Waals surface area contributed by atoms with E-state index in [0.717, 1.165) is 29.8 Å². The molecule has 5 nitrogen and oxygen atoms in total. The van der Waals surface area contributed by atoms with Crippen molar-refractivity contribution in [2.75, 3.05) is 26.7 Å². The van der Waals surface area contributed by atoms with Gasteiger partial charge in [-0.3, -0.25) is 4.90 Å². The van der Waals surface area contributed by atoms with Crippen molar-refractivity contribution in [3.63, 3.8) is 0 Å². The number of hydrogen-bond donors (Lipinski definition) is 1. The second-order valence-electron chi connectivity index (χ2n) is 5.70. The molecule has 0 amide bonds. The van der Waals surface area contributed by atoms with Crippen molar-refractivity contribution < 1.29 is 9.26 Å². The summed E-state index contributed by atoms with van der Waals surface area (Å²) >= 11 is 0. The Hall–Kier alpha value is -0.910. The third-order valence-corrected chi connectivity index (χ3v) is 4.50. The molecular weight excluding hydrogens is 242 g/mol. The number of hydrogen-bond acceptors (Lipinski definition) is 5. The number of methoxy groups -OCH3 is 1. The van der Waals surface area contributed by atoms with Gasteiger partial charge in [-0.2, -0.15) is 0 Å². The molecule has 0 aliphatic carbocycles.